The molecule has 0 bridgehead atoms. The van der Waals surface area contributed by atoms with Crippen LogP contribution in [0.3, 0.4) is 0 Å². The van der Waals surface area contributed by atoms with Crippen molar-refractivity contribution in [2.45, 2.75) is 23.8 Å². The molecule has 0 radical (unpaired) electrons. The number of benzene rings is 2. The van der Waals surface area contributed by atoms with E-state index in [1.165, 1.54) is 11.8 Å². The SMILES string of the molecule is COc1ccc(Cc2nnc(SC(C)c3nc4ccccc4c(=O)[nH]3)o2)cc1. The summed E-state index contributed by atoms with van der Waals surface area (Å²) in [5.41, 5.74) is 1.56. The first-order chi connectivity index (χ1) is 13.6. The molecule has 4 rings (SSSR count). The maximum absolute atomic E-state index is 12.2. The molecule has 7 nitrogen and oxygen atoms in total. The maximum Gasteiger partial charge on any atom is 0.277 e. The van der Waals surface area contributed by atoms with Crippen molar-refractivity contribution in [2.75, 3.05) is 7.11 Å². The summed E-state index contributed by atoms with van der Waals surface area (Å²) in [4.78, 5) is 19.6. The van der Waals surface area contributed by atoms with Gasteiger partial charge in [0.15, 0.2) is 0 Å². The Kier molecular flexibility index (Phi) is 5.12. The Morgan fingerprint density at radius 1 is 1.14 bits per heavy atom. The second-order valence-electron chi connectivity index (χ2n) is 6.21. The summed E-state index contributed by atoms with van der Waals surface area (Å²) < 4.78 is 10.9. The van der Waals surface area contributed by atoms with Crippen LogP contribution in [-0.2, 0) is 6.42 Å². The maximum atomic E-state index is 12.2. The first kappa shape index (κ1) is 18.2. The zero-order valence-electron chi connectivity index (χ0n) is 15.4. The fourth-order valence-corrected chi connectivity index (χ4v) is 3.54. The highest BCUT2D eigenvalue weighted by atomic mass is 32.2. The quantitative estimate of drug-likeness (QED) is 0.498. The highest BCUT2D eigenvalue weighted by Gasteiger charge is 2.16. The van der Waals surface area contributed by atoms with Crippen LogP contribution in [0.15, 0.2) is 63.0 Å². The molecule has 2 heterocycles. The molecular formula is C20H18N4O3S. The zero-order valence-corrected chi connectivity index (χ0v) is 16.2. The van der Waals surface area contributed by atoms with Gasteiger partial charge in [0.2, 0.25) is 5.89 Å². The van der Waals surface area contributed by atoms with E-state index in [0.717, 1.165) is 11.3 Å². The van der Waals surface area contributed by atoms with Crippen LogP contribution < -0.4 is 10.3 Å². The van der Waals surface area contributed by atoms with E-state index in [9.17, 15) is 4.79 Å². The number of H-pyrrole nitrogens is 1. The first-order valence-electron chi connectivity index (χ1n) is 8.73. The number of rotatable bonds is 6. The molecule has 0 saturated heterocycles. The molecule has 2 aromatic heterocycles. The van der Waals surface area contributed by atoms with Crippen LogP contribution in [0.25, 0.3) is 10.9 Å². The molecule has 0 amide bonds. The lowest BCUT2D eigenvalue weighted by molar-refractivity contribution is 0.413. The van der Waals surface area contributed by atoms with Gasteiger partial charge in [0.05, 0.1) is 29.7 Å². The van der Waals surface area contributed by atoms with Gasteiger partial charge in [-0.15, -0.1) is 10.2 Å². The van der Waals surface area contributed by atoms with Gasteiger partial charge < -0.3 is 14.1 Å². The van der Waals surface area contributed by atoms with Crippen molar-refractivity contribution < 1.29 is 9.15 Å². The molecule has 1 N–H and O–H groups in total. The Morgan fingerprint density at radius 3 is 2.71 bits per heavy atom. The van der Waals surface area contributed by atoms with E-state index >= 15 is 0 Å². The van der Waals surface area contributed by atoms with E-state index in [1.54, 1.807) is 13.2 Å². The lowest BCUT2D eigenvalue weighted by Crippen LogP contribution is -2.12. The van der Waals surface area contributed by atoms with Crippen LogP contribution in [-0.4, -0.2) is 27.3 Å². The largest absolute Gasteiger partial charge is 0.497 e. The van der Waals surface area contributed by atoms with Gasteiger partial charge in [-0.25, -0.2) is 4.98 Å². The second kappa shape index (κ2) is 7.85. The molecule has 28 heavy (non-hydrogen) atoms. The van der Waals surface area contributed by atoms with E-state index in [0.29, 0.717) is 34.3 Å². The fraction of sp³-hybridized carbons (Fsp3) is 0.200. The summed E-state index contributed by atoms with van der Waals surface area (Å²) in [6, 6.07) is 15.0. The average Bonchev–Trinajstić information content (AvgIpc) is 3.15. The van der Waals surface area contributed by atoms with Crippen molar-refractivity contribution in [1.29, 1.82) is 0 Å². The van der Waals surface area contributed by atoms with Crippen molar-refractivity contribution in [3.05, 3.63) is 76.2 Å². The molecular weight excluding hydrogens is 376 g/mol. The summed E-state index contributed by atoms with van der Waals surface area (Å²) >= 11 is 1.36. The van der Waals surface area contributed by atoms with E-state index in [4.69, 9.17) is 9.15 Å². The Bertz CT molecular complexity index is 1150. The van der Waals surface area contributed by atoms with Crippen LogP contribution in [0.4, 0.5) is 0 Å². The third-order valence-electron chi connectivity index (χ3n) is 4.26. The molecule has 8 heteroatoms. The summed E-state index contributed by atoms with van der Waals surface area (Å²) in [5.74, 6) is 1.90. The lowest BCUT2D eigenvalue weighted by atomic mass is 10.1. The number of hydrogen-bond acceptors (Lipinski definition) is 7. The molecule has 1 unspecified atom stereocenters. The van der Waals surface area contributed by atoms with E-state index < -0.39 is 0 Å². The smallest absolute Gasteiger partial charge is 0.277 e. The molecule has 2 aromatic carbocycles. The van der Waals surface area contributed by atoms with Gasteiger partial charge in [0, 0.05) is 0 Å². The van der Waals surface area contributed by atoms with Crippen molar-refractivity contribution in [3.63, 3.8) is 0 Å². The minimum atomic E-state index is -0.154. The summed E-state index contributed by atoms with van der Waals surface area (Å²) in [6.45, 7) is 1.94. The number of hydrogen-bond donors (Lipinski definition) is 1. The first-order valence-corrected chi connectivity index (χ1v) is 9.61. The van der Waals surface area contributed by atoms with Crippen LogP contribution in [0.1, 0.15) is 29.5 Å². The molecule has 0 aliphatic heterocycles. The molecule has 142 valence electrons. The molecule has 0 spiro atoms. The Hall–Kier alpha value is -3.13. The number of nitrogens with one attached hydrogen (secondary N) is 1. The second-order valence-corrected chi connectivity index (χ2v) is 7.51. The zero-order chi connectivity index (χ0) is 19.5. The number of para-hydroxylation sites is 1. The third-order valence-corrected chi connectivity index (χ3v) is 5.20. The number of nitrogens with zero attached hydrogens (tertiary/aromatic N) is 3. The third kappa shape index (κ3) is 3.91. The van der Waals surface area contributed by atoms with Gasteiger partial charge in [-0.2, -0.15) is 0 Å². The topological polar surface area (TPSA) is 93.9 Å². The Balaban J connectivity index is 1.48. The van der Waals surface area contributed by atoms with E-state index in [2.05, 4.69) is 20.2 Å². The Labute approximate surface area is 165 Å². The molecule has 1 atom stereocenters. The van der Waals surface area contributed by atoms with Gasteiger partial charge in [0.1, 0.15) is 11.6 Å². The normalized spacial score (nSPS) is 12.2. The number of aromatic amines is 1. The minimum Gasteiger partial charge on any atom is -0.497 e. The van der Waals surface area contributed by atoms with Gasteiger partial charge in [-0.1, -0.05) is 36.0 Å². The van der Waals surface area contributed by atoms with Crippen molar-refractivity contribution in [1.82, 2.24) is 20.2 Å². The van der Waals surface area contributed by atoms with Gasteiger partial charge in [0.25, 0.3) is 10.8 Å². The summed E-state index contributed by atoms with van der Waals surface area (Å²) in [6.07, 6.45) is 0.539. The van der Waals surface area contributed by atoms with Crippen molar-refractivity contribution in [3.8, 4) is 5.75 Å². The number of thioether (sulfide) groups is 1. The molecule has 4 aromatic rings. The van der Waals surface area contributed by atoms with Crippen LogP contribution >= 0.6 is 11.8 Å². The van der Waals surface area contributed by atoms with Crippen molar-refractivity contribution in [2.24, 2.45) is 0 Å². The number of aromatic nitrogens is 4. The van der Waals surface area contributed by atoms with Gasteiger partial charge in [-0.05, 0) is 36.8 Å². The highest BCUT2D eigenvalue weighted by Crippen LogP contribution is 2.32. The average molecular weight is 394 g/mol. The Morgan fingerprint density at radius 2 is 1.93 bits per heavy atom. The summed E-state index contributed by atoms with van der Waals surface area (Å²) in [5, 5.41) is 9.07. The predicted molar refractivity (Wildman–Crippen MR) is 107 cm³/mol. The van der Waals surface area contributed by atoms with Crippen LogP contribution in [0.5, 0.6) is 5.75 Å². The number of fused-ring (bicyclic) bond motifs is 1. The number of methoxy groups -OCH3 is 1. The molecule has 0 aliphatic rings. The predicted octanol–water partition coefficient (Wildman–Crippen LogP) is 3.76. The van der Waals surface area contributed by atoms with Crippen molar-refractivity contribution >= 4 is 22.7 Å². The highest BCUT2D eigenvalue weighted by molar-refractivity contribution is 7.99. The molecule has 0 fully saturated rings. The molecule has 0 aliphatic carbocycles. The number of ether oxygens (including phenoxy) is 1. The fourth-order valence-electron chi connectivity index (χ4n) is 2.78. The van der Waals surface area contributed by atoms with E-state index in [-0.39, 0.29) is 10.8 Å². The van der Waals surface area contributed by atoms with E-state index in [1.807, 2.05) is 49.4 Å². The monoisotopic (exact) mass is 394 g/mol. The lowest BCUT2D eigenvalue weighted by Gasteiger charge is -2.08. The van der Waals surface area contributed by atoms with Gasteiger partial charge >= 0.3 is 0 Å². The van der Waals surface area contributed by atoms with Crippen LogP contribution in [0.2, 0.25) is 0 Å². The van der Waals surface area contributed by atoms with Gasteiger partial charge in [-0.3, -0.25) is 4.79 Å². The standard InChI is InChI=1S/C20H18N4O3S/c1-12(18-21-16-6-4-3-5-15(16)19(25)22-18)28-20-24-23-17(27-20)11-13-7-9-14(26-2)10-8-13/h3-10,12H,11H2,1-2H3,(H,21,22,25). The summed E-state index contributed by atoms with van der Waals surface area (Å²) in [7, 11) is 1.63. The molecule has 0 saturated carbocycles. The minimum absolute atomic E-state index is 0.147. The van der Waals surface area contributed by atoms with Crippen LogP contribution in [0, 0.1) is 0 Å².